The van der Waals surface area contributed by atoms with E-state index in [9.17, 15) is 0 Å². The molecule has 0 saturated heterocycles. The van der Waals surface area contributed by atoms with Crippen LogP contribution in [0.25, 0.3) is 0 Å². The van der Waals surface area contributed by atoms with Gasteiger partial charge < -0.3 is 0 Å². The minimum absolute atomic E-state index is 0.647. The molecule has 0 aliphatic carbocycles. The van der Waals surface area contributed by atoms with Gasteiger partial charge in [0.05, 0.1) is 0 Å². The fraction of sp³-hybridized carbons (Fsp3) is 0.600. The summed E-state index contributed by atoms with van der Waals surface area (Å²) in [5, 5.41) is 2.31. The van der Waals surface area contributed by atoms with Crippen LogP contribution in [0.4, 0.5) is 0 Å². The molecule has 0 amide bonds. The molecule has 0 bridgehead atoms. The molecule has 1 heteroatoms. The summed E-state index contributed by atoms with van der Waals surface area (Å²) < 4.78 is 0. The van der Waals surface area contributed by atoms with Gasteiger partial charge in [-0.2, -0.15) is 0 Å². The van der Waals surface area contributed by atoms with Crippen molar-refractivity contribution >= 4 is 10.9 Å². The van der Waals surface area contributed by atoms with Crippen molar-refractivity contribution in [2.45, 2.75) is 6.42 Å². The van der Waals surface area contributed by atoms with Crippen molar-refractivity contribution < 1.29 is 0 Å². The molecular weight excluding hydrogens is 92.1 g/mol. The highest BCUT2D eigenvalue weighted by atomic mass is 32.2. The van der Waals surface area contributed by atoms with E-state index in [0.717, 1.165) is 0 Å². The van der Waals surface area contributed by atoms with Gasteiger partial charge in [0.2, 0.25) is 0 Å². The second kappa shape index (κ2) is 1.69. The maximum Gasteiger partial charge on any atom is 0.116 e. The van der Waals surface area contributed by atoms with Gasteiger partial charge in [-0.25, -0.2) is 0 Å². The summed E-state index contributed by atoms with van der Waals surface area (Å²) in [6, 6.07) is 0. The monoisotopic (exact) mass is 101 g/mol. The number of hydrogen-bond acceptors (Lipinski definition) is 0. The lowest BCUT2D eigenvalue weighted by Crippen LogP contribution is -1.90. The largest absolute Gasteiger partial charge is 0.116 e. The molecule has 0 fully saturated rings. The smallest absolute Gasteiger partial charge is 0.0322 e. The first kappa shape index (κ1) is 4.25. The van der Waals surface area contributed by atoms with Crippen molar-refractivity contribution in [3.63, 3.8) is 0 Å². The van der Waals surface area contributed by atoms with Gasteiger partial charge in [-0.15, -0.1) is 0 Å². The quantitative estimate of drug-likeness (QED) is 0.401. The Bertz CT molecular complexity index is 66.3. The Balaban J connectivity index is 2.38. The van der Waals surface area contributed by atoms with Crippen molar-refractivity contribution in [3.8, 4) is 0 Å². The van der Waals surface area contributed by atoms with Crippen LogP contribution in [0.15, 0.2) is 11.5 Å². The second-order valence-electron chi connectivity index (χ2n) is 1.56. The normalized spacial score (nSPS) is 31.8. The van der Waals surface area contributed by atoms with Crippen LogP contribution in [0.1, 0.15) is 6.42 Å². The zero-order chi connectivity index (χ0) is 4.41. The maximum atomic E-state index is 2.31. The number of rotatable bonds is 0. The third-order valence-electron chi connectivity index (χ3n) is 0.935. The highest BCUT2D eigenvalue weighted by Crippen LogP contribution is 2.05. The highest BCUT2D eigenvalue weighted by Gasteiger charge is 2.09. The van der Waals surface area contributed by atoms with E-state index in [0.29, 0.717) is 10.9 Å². The van der Waals surface area contributed by atoms with Gasteiger partial charge in [0, 0.05) is 17.3 Å². The average Bonchev–Trinajstić information content (AvgIpc) is 1.86. The van der Waals surface area contributed by atoms with Crippen molar-refractivity contribution in [2.24, 2.45) is 0 Å². The predicted octanol–water partition coefficient (Wildman–Crippen LogP) is 1.15. The molecule has 1 heterocycles. The zero-order valence-electron chi connectivity index (χ0n) is 3.98. The lowest BCUT2D eigenvalue weighted by Gasteiger charge is -1.79. The Morgan fingerprint density at radius 3 is 2.67 bits per heavy atom. The summed E-state index contributed by atoms with van der Waals surface area (Å²) in [5.41, 5.74) is 0. The topological polar surface area (TPSA) is 0 Å². The van der Waals surface area contributed by atoms with Gasteiger partial charge in [0.25, 0.3) is 0 Å². The lowest BCUT2D eigenvalue weighted by molar-refractivity contribution is 1.27. The van der Waals surface area contributed by atoms with Crippen molar-refractivity contribution in [1.82, 2.24) is 0 Å². The molecule has 1 aliphatic heterocycles. The average molecular weight is 101 g/mol. The molecular formula is C5H9S+. The van der Waals surface area contributed by atoms with E-state index in [1.807, 2.05) is 0 Å². The molecule has 1 rings (SSSR count). The predicted molar refractivity (Wildman–Crippen MR) is 31.9 cm³/mol. The van der Waals surface area contributed by atoms with Gasteiger partial charge in [0.15, 0.2) is 0 Å². The summed E-state index contributed by atoms with van der Waals surface area (Å²) in [4.78, 5) is 0. The number of allylic oxidation sites excluding steroid dienone is 1. The third kappa shape index (κ3) is 0.777. The van der Waals surface area contributed by atoms with E-state index in [-0.39, 0.29) is 0 Å². The Morgan fingerprint density at radius 2 is 2.50 bits per heavy atom. The first-order chi connectivity index (χ1) is 2.89. The molecule has 0 nitrogen and oxygen atoms in total. The fourth-order valence-corrected chi connectivity index (χ4v) is 1.66. The summed E-state index contributed by atoms with van der Waals surface area (Å²) in [7, 11) is 0.647. The van der Waals surface area contributed by atoms with Crippen LogP contribution in [-0.4, -0.2) is 12.0 Å². The summed E-state index contributed by atoms with van der Waals surface area (Å²) in [6.07, 6.45) is 5.87. The van der Waals surface area contributed by atoms with E-state index in [2.05, 4.69) is 17.7 Å². The van der Waals surface area contributed by atoms with E-state index < -0.39 is 0 Å². The summed E-state index contributed by atoms with van der Waals surface area (Å²) >= 11 is 0. The highest BCUT2D eigenvalue weighted by molar-refractivity contribution is 7.99. The molecule has 0 spiro atoms. The van der Waals surface area contributed by atoms with Gasteiger partial charge in [-0.1, -0.05) is 0 Å². The minimum atomic E-state index is 0.647. The van der Waals surface area contributed by atoms with E-state index in [1.165, 1.54) is 12.2 Å². The van der Waals surface area contributed by atoms with Crippen LogP contribution in [0.5, 0.6) is 0 Å². The maximum absolute atomic E-state index is 2.31. The van der Waals surface area contributed by atoms with Gasteiger partial charge in [-0.3, -0.25) is 0 Å². The third-order valence-corrected chi connectivity index (χ3v) is 2.47. The van der Waals surface area contributed by atoms with E-state index >= 15 is 0 Å². The Hall–Kier alpha value is 0.0900. The van der Waals surface area contributed by atoms with E-state index in [1.54, 1.807) is 0 Å². The molecule has 0 aromatic carbocycles. The van der Waals surface area contributed by atoms with Crippen molar-refractivity contribution in [1.29, 1.82) is 0 Å². The summed E-state index contributed by atoms with van der Waals surface area (Å²) in [5.74, 6) is 1.40. The van der Waals surface area contributed by atoms with Crippen LogP contribution < -0.4 is 0 Å². The fourth-order valence-electron chi connectivity index (χ4n) is 0.554. The molecule has 0 N–H and O–H groups in total. The standard InChI is InChI=1S/C5H9S/c1-6-4-2-3-5-6/h2,4H,3,5H2,1H3/q+1. The zero-order valence-corrected chi connectivity index (χ0v) is 4.79. The molecule has 0 aromatic heterocycles. The molecule has 1 aliphatic rings. The molecule has 1 unspecified atom stereocenters. The molecule has 0 radical (unpaired) electrons. The molecule has 34 valence electrons. The lowest BCUT2D eigenvalue weighted by atomic mass is 10.5. The van der Waals surface area contributed by atoms with Gasteiger partial charge in [0.1, 0.15) is 17.4 Å². The number of hydrogen-bond donors (Lipinski definition) is 0. The van der Waals surface area contributed by atoms with Crippen molar-refractivity contribution in [3.05, 3.63) is 11.5 Å². The van der Waals surface area contributed by atoms with Crippen LogP contribution in [0.3, 0.4) is 0 Å². The van der Waals surface area contributed by atoms with Crippen molar-refractivity contribution in [2.75, 3.05) is 12.0 Å². The first-order valence-corrected chi connectivity index (χ1v) is 4.04. The SMILES string of the molecule is C[S+]1C=CCC1. The van der Waals surface area contributed by atoms with Gasteiger partial charge >= 0.3 is 0 Å². The van der Waals surface area contributed by atoms with E-state index in [4.69, 9.17) is 0 Å². The summed E-state index contributed by atoms with van der Waals surface area (Å²) in [6.45, 7) is 0. The molecule has 6 heavy (non-hydrogen) atoms. The minimum Gasteiger partial charge on any atom is -0.0322 e. The van der Waals surface area contributed by atoms with Gasteiger partial charge in [-0.05, 0) is 6.08 Å². The van der Waals surface area contributed by atoms with Crippen LogP contribution in [-0.2, 0) is 10.9 Å². The Labute approximate surface area is 41.6 Å². The molecule has 0 aromatic rings. The molecule has 0 saturated carbocycles. The first-order valence-electron chi connectivity index (χ1n) is 2.17. The van der Waals surface area contributed by atoms with Crippen LogP contribution in [0.2, 0.25) is 0 Å². The second-order valence-corrected chi connectivity index (χ2v) is 3.62. The Morgan fingerprint density at radius 1 is 1.67 bits per heavy atom. The van der Waals surface area contributed by atoms with Crippen LogP contribution >= 0.6 is 0 Å². The Kier molecular flexibility index (Phi) is 1.20. The van der Waals surface area contributed by atoms with Crippen LogP contribution in [0, 0.1) is 0 Å². The molecule has 1 atom stereocenters.